The summed E-state index contributed by atoms with van der Waals surface area (Å²) in [5.74, 6) is -2.27. The van der Waals surface area contributed by atoms with Crippen LogP contribution >= 0.6 is 0 Å². The fourth-order valence-electron chi connectivity index (χ4n) is 1.85. The predicted molar refractivity (Wildman–Crippen MR) is 74.1 cm³/mol. The molecule has 0 saturated heterocycles. The zero-order valence-corrected chi connectivity index (χ0v) is 11.9. The maximum Gasteiger partial charge on any atom is 0.350 e. The summed E-state index contributed by atoms with van der Waals surface area (Å²) < 4.78 is 51.1. The number of benzene rings is 2. The van der Waals surface area contributed by atoms with Crippen molar-refractivity contribution in [3.63, 3.8) is 0 Å². The lowest BCUT2D eigenvalue weighted by Gasteiger charge is -2.08. The van der Waals surface area contributed by atoms with E-state index in [1.807, 2.05) is 0 Å². The standard InChI is InChI=1S/C15H11F2NO2S/c1-10-3-6-12(7-4-10)21(19,20)15(18-2)11-5-8-13(16)14(17)9-11/h3-9,15H,1H3/t15-/m1/s1. The molecule has 0 radical (unpaired) electrons. The first-order valence-electron chi connectivity index (χ1n) is 5.98. The largest absolute Gasteiger partial charge is 0.350 e. The minimum absolute atomic E-state index is 0.0289. The van der Waals surface area contributed by atoms with Crippen molar-refractivity contribution in [2.45, 2.75) is 17.2 Å². The Labute approximate surface area is 121 Å². The van der Waals surface area contributed by atoms with E-state index in [1.165, 1.54) is 12.1 Å². The quantitative estimate of drug-likeness (QED) is 0.812. The Hall–Kier alpha value is -2.26. The molecule has 108 valence electrons. The van der Waals surface area contributed by atoms with E-state index in [4.69, 9.17) is 6.57 Å². The smallest absolute Gasteiger partial charge is 0.291 e. The number of hydrogen-bond acceptors (Lipinski definition) is 2. The molecule has 0 unspecified atom stereocenters. The lowest BCUT2D eigenvalue weighted by molar-refractivity contribution is 0.507. The third kappa shape index (κ3) is 2.93. The van der Waals surface area contributed by atoms with E-state index < -0.39 is 26.8 Å². The Bertz CT molecular complexity index is 809. The second-order valence-electron chi connectivity index (χ2n) is 4.51. The Morgan fingerprint density at radius 1 is 1.05 bits per heavy atom. The maximum absolute atomic E-state index is 13.2. The Morgan fingerprint density at radius 3 is 2.19 bits per heavy atom. The van der Waals surface area contributed by atoms with Crippen molar-refractivity contribution in [3.05, 3.63) is 76.6 Å². The molecule has 2 rings (SSSR count). The van der Waals surface area contributed by atoms with Gasteiger partial charge in [0.15, 0.2) is 11.6 Å². The molecule has 0 aliphatic carbocycles. The number of halogens is 2. The average Bonchev–Trinajstić information content (AvgIpc) is 2.44. The highest BCUT2D eigenvalue weighted by atomic mass is 32.2. The van der Waals surface area contributed by atoms with Gasteiger partial charge in [0.25, 0.3) is 9.84 Å². The predicted octanol–water partition coefficient (Wildman–Crippen LogP) is 3.67. The molecular weight excluding hydrogens is 296 g/mol. The Kier molecular flexibility index (Phi) is 4.05. The number of aryl methyl sites for hydroxylation is 1. The highest BCUT2D eigenvalue weighted by Crippen LogP contribution is 2.31. The van der Waals surface area contributed by atoms with Crippen molar-refractivity contribution < 1.29 is 17.2 Å². The molecule has 3 nitrogen and oxygen atoms in total. The van der Waals surface area contributed by atoms with Crippen molar-refractivity contribution in [1.82, 2.24) is 0 Å². The fourth-order valence-corrected chi connectivity index (χ4v) is 3.26. The van der Waals surface area contributed by atoms with E-state index in [2.05, 4.69) is 4.85 Å². The normalized spacial score (nSPS) is 12.7. The van der Waals surface area contributed by atoms with Gasteiger partial charge in [0, 0.05) is 0 Å². The number of rotatable bonds is 3. The summed E-state index contributed by atoms with van der Waals surface area (Å²) in [6.45, 7) is 8.90. The van der Waals surface area contributed by atoms with Crippen LogP contribution in [0.25, 0.3) is 4.85 Å². The van der Waals surface area contributed by atoms with Crippen LogP contribution in [0, 0.1) is 25.1 Å². The van der Waals surface area contributed by atoms with E-state index >= 15 is 0 Å². The van der Waals surface area contributed by atoms with Crippen molar-refractivity contribution in [2.75, 3.05) is 0 Å². The van der Waals surface area contributed by atoms with E-state index in [0.717, 1.165) is 23.8 Å². The van der Waals surface area contributed by atoms with Crippen LogP contribution in [0.2, 0.25) is 0 Å². The molecule has 0 spiro atoms. The summed E-state index contributed by atoms with van der Waals surface area (Å²) >= 11 is 0. The molecule has 0 heterocycles. The van der Waals surface area contributed by atoms with Gasteiger partial charge in [-0.1, -0.05) is 17.7 Å². The second-order valence-corrected chi connectivity index (χ2v) is 6.52. The van der Waals surface area contributed by atoms with Crippen LogP contribution in [0.15, 0.2) is 47.4 Å². The van der Waals surface area contributed by atoms with Crippen LogP contribution in [-0.2, 0) is 9.84 Å². The van der Waals surface area contributed by atoms with E-state index in [1.54, 1.807) is 19.1 Å². The molecule has 0 N–H and O–H groups in total. The molecule has 0 amide bonds. The summed E-state index contributed by atoms with van der Waals surface area (Å²) in [5, 5.41) is -1.60. The number of sulfone groups is 1. The second kappa shape index (κ2) is 5.62. The van der Waals surface area contributed by atoms with Crippen LogP contribution in [0.4, 0.5) is 8.78 Å². The molecule has 0 fully saturated rings. The lowest BCUT2D eigenvalue weighted by atomic mass is 10.2. The van der Waals surface area contributed by atoms with Crippen LogP contribution in [0.5, 0.6) is 0 Å². The molecule has 0 aliphatic rings. The topological polar surface area (TPSA) is 38.5 Å². The first-order valence-corrected chi connectivity index (χ1v) is 7.53. The Balaban J connectivity index is 2.52. The third-order valence-electron chi connectivity index (χ3n) is 2.99. The van der Waals surface area contributed by atoms with Gasteiger partial charge in [0.2, 0.25) is 0 Å². The molecule has 0 saturated carbocycles. The Morgan fingerprint density at radius 2 is 1.67 bits per heavy atom. The zero-order valence-electron chi connectivity index (χ0n) is 11.0. The molecule has 2 aromatic carbocycles. The number of hydrogen-bond donors (Lipinski definition) is 0. The van der Waals surface area contributed by atoms with Gasteiger partial charge in [-0.05, 0) is 37.3 Å². The number of nitrogens with zero attached hydrogens (tertiary/aromatic N) is 1. The summed E-state index contributed by atoms with van der Waals surface area (Å²) in [6, 6.07) is 8.66. The van der Waals surface area contributed by atoms with Gasteiger partial charge in [-0.3, -0.25) is 4.85 Å². The molecule has 6 heteroatoms. The van der Waals surface area contributed by atoms with Crippen LogP contribution in [-0.4, -0.2) is 8.42 Å². The van der Waals surface area contributed by atoms with Crippen LogP contribution < -0.4 is 0 Å². The van der Waals surface area contributed by atoms with Gasteiger partial charge < -0.3 is 0 Å². The first-order chi connectivity index (χ1) is 9.86. The molecule has 0 bridgehead atoms. The van der Waals surface area contributed by atoms with Crippen molar-refractivity contribution in [1.29, 1.82) is 0 Å². The van der Waals surface area contributed by atoms with Gasteiger partial charge in [-0.15, -0.1) is 0 Å². The summed E-state index contributed by atoms with van der Waals surface area (Å²) in [5.41, 5.74) is 0.783. The SMILES string of the molecule is [C-]#[N+][C@@H](c1ccc(F)c(F)c1)S(=O)(=O)c1ccc(C)cc1. The lowest BCUT2D eigenvalue weighted by Crippen LogP contribution is -2.11. The van der Waals surface area contributed by atoms with Gasteiger partial charge in [0.1, 0.15) is 0 Å². The average molecular weight is 307 g/mol. The molecule has 0 aliphatic heterocycles. The summed E-state index contributed by atoms with van der Waals surface area (Å²) in [7, 11) is -3.99. The first kappa shape index (κ1) is 15.1. The molecule has 21 heavy (non-hydrogen) atoms. The van der Waals surface area contributed by atoms with Crippen molar-refractivity contribution in [2.24, 2.45) is 0 Å². The maximum atomic E-state index is 13.2. The highest BCUT2D eigenvalue weighted by Gasteiger charge is 2.35. The monoisotopic (exact) mass is 307 g/mol. The molecule has 1 atom stereocenters. The van der Waals surface area contributed by atoms with Gasteiger partial charge in [0.05, 0.1) is 10.5 Å². The summed E-state index contributed by atoms with van der Waals surface area (Å²) in [6.07, 6.45) is 0. The van der Waals surface area contributed by atoms with Crippen LogP contribution in [0.3, 0.4) is 0 Å². The third-order valence-corrected chi connectivity index (χ3v) is 4.88. The summed E-state index contributed by atoms with van der Waals surface area (Å²) in [4.78, 5) is 3.04. The molecule has 0 aromatic heterocycles. The van der Waals surface area contributed by atoms with Gasteiger partial charge in [-0.2, -0.15) is 0 Å². The van der Waals surface area contributed by atoms with Gasteiger partial charge in [-0.25, -0.2) is 23.8 Å². The zero-order chi connectivity index (χ0) is 15.6. The van der Waals surface area contributed by atoms with E-state index in [0.29, 0.717) is 0 Å². The molecular formula is C15H11F2NO2S. The van der Waals surface area contributed by atoms with Crippen molar-refractivity contribution in [3.8, 4) is 0 Å². The van der Waals surface area contributed by atoms with E-state index in [9.17, 15) is 17.2 Å². The van der Waals surface area contributed by atoms with Gasteiger partial charge >= 0.3 is 5.37 Å². The fraction of sp³-hybridized carbons (Fsp3) is 0.133. The van der Waals surface area contributed by atoms with E-state index in [-0.39, 0.29) is 10.5 Å². The highest BCUT2D eigenvalue weighted by molar-refractivity contribution is 7.91. The minimum Gasteiger partial charge on any atom is -0.291 e. The molecule has 2 aromatic rings. The minimum atomic E-state index is -3.99. The van der Waals surface area contributed by atoms with Crippen LogP contribution in [0.1, 0.15) is 16.5 Å². The van der Waals surface area contributed by atoms with Crippen molar-refractivity contribution >= 4 is 9.84 Å².